The maximum absolute atomic E-state index is 13.3. The maximum atomic E-state index is 13.3. The van der Waals surface area contributed by atoms with Gasteiger partial charge in [-0.2, -0.15) is 9.78 Å². The lowest BCUT2D eigenvalue weighted by molar-refractivity contribution is 0.282. The SMILES string of the molecule is CCCCc1nc2ccc(Br)cc2c(=O)n1N=Cc1cc(Br)c(OCc2ccc(C)cc2)c(OC)c1. The van der Waals surface area contributed by atoms with Gasteiger partial charge in [-0.25, -0.2) is 4.98 Å². The van der Waals surface area contributed by atoms with Crippen molar-refractivity contribution in [3.63, 3.8) is 0 Å². The highest BCUT2D eigenvalue weighted by molar-refractivity contribution is 9.10. The number of fused-ring (bicyclic) bond motifs is 1. The number of nitrogens with zero attached hydrogens (tertiary/aromatic N) is 3. The largest absolute Gasteiger partial charge is 0.493 e. The highest BCUT2D eigenvalue weighted by Crippen LogP contribution is 2.37. The van der Waals surface area contributed by atoms with E-state index >= 15 is 0 Å². The lowest BCUT2D eigenvalue weighted by Crippen LogP contribution is -2.22. The van der Waals surface area contributed by atoms with Gasteiger partial charge in [0, 0.05) is 10.9 Å². The van der Waals surface area contributed by atoms with Crippen LogP contribution in [-0.4, -0.2) is 23.0 Å². The lowest BCUT2D eigenvalue weighted by atomic mass is 10.2. The molecular weight excluding hydrogens is 586 g/mol. The summed E-state index contributed by atoms with van der Waals surface area (Å²) in [5.74, 6) is 1.81. The molecule has 0 spiro atoms. The summed E-state index contributed by atoms with van der Waals surface area (Å²) in [6, 6.07) is 17.4. The van der Waals surface area contributed by atoms with Crippen LogP contribution in [0.5, 0.6) is 11.5 Å². The molecule has 0 aliphatic heterocycles. The highest BCUT2D eigenvalue weighted by Gasteiger charge is 2.13. The molecular formula is C28H27Br2N3O3. The maximum Gasteiger partial charge on any atom is 0.282 e. The summed E-state index contributed by atoms with van der Waals surface area (Å²) in [6.45, 7) is 4.58. The minimum atomic E-state index is -0.201. The molecule has 36 heavy (non-hydrogen) atoms. The molecule has 0 saturated heterocycles. The van der Waals surface area contributed by atoms with E-state index in [1.54, 1.807) is 19.4 Å². The molecule has 0 amide bonds. The lowest BCUT2D eigenvalue weighted by Gasteiger charge is -2.14. The van der Waals surface area contributed by atoms with Crippen LogP contribution in [0.15, 0.2) is 73.4 Å². The first kappa shape index (κ1) is 26.1. The van der Waals surface area contributed by atoms with Crippen molar-refractivity contribution >= 4 is 49.0 Å². The number of unbranched alkanes of at least 4 members (excludes halogenated alkanes) is 1. The zero-order valence-corrected chi connectivity index (χ0v) is 23.6. The summed E-state index contributed by atoms with van der Waals surface area (Å²) in [5.41, 5.74) is 3.49. The zero-order valence-electron chi connectivity index (χ0n) is 20.4. The summed E-state index contributed by atoms with van der Waals surface area (Å²) < 4.78 is 14.6. The van der Waals surface area contributed by atoms with Gasteiger partial charge in [-0.05, 0) is 70.7 Å². The molecule has 0 bridgehead atoms. The third-order valence-corrected chi connectivity index (χ3v) is 6.79. The van der Waals surface area contributed by atoms with Crippen molar-refractivity contribution in [2.45, 2.75) is 39.7 Å². The Bertz CT molecular complexity index is 1460. The normalized spacial score (nSPS) is 11.4. The monoisotopic (exact) mass is 611 g/mol. The van der Waals surface area contributed by atoms with Crippen molar-refractivity contribution in [3.05, 3.63) is 96.4 Å². The van der Waals surface area contributed by atoms with Gasteiger partial charge < -0.3 is 9.47 Å². The van der Waals surface area contributed by atoms with Crippen LogP contribution in [0, 0.1) is 6.92 Å². The molecule has 4 aromatic rings. The Morgan fingerprint density at radius 2 is 1.86 bits per heavy atom. The van der Waals surface area contributed by atoms with Crippen LogP contribution in [0.1, 0.15) is 42.3 Å². The van der Waals surface area contributed by atoms with Crippen molar-refractivity contribution in [2.24, 2.45) is 5.10 Å². The molecule has 0 fully saturated rings. The number of aryl methyl sites for hydroxylation is 2. The van der Waals surface area contributed by atoms with Gasteiger partial charge in [-0.1, -0.05) is 59.1 Å². The van der Waals surface area contributed by atoms with E-state index in [1.807, 2.05) is 36.4 Å². The fourth-order valence-corrected chi connectivity index (χ4v) is 4.66. The van der Waals surface area contributed by atoms with Crippen molar-refractivity contribution in [3.8, 4) is 11.5 Å². The number of benzene rings is 3. The van der Waals surface area contributed by atoms with Gasteiger partial charge in [0.25, 0.3) is 5.56 Å². The van der Waals surface area contributed by atoms with Gasteiger partial charge in [-0.15, -0.1) is 0 Å². The third kappa shape index (κ3) is 6.05. The van der Waals surface area contributed by atoms with Gasteiger partial charge in [0.05, 0.1) is 28.7 Å². The number of halogens is 2. The minimum absolute atomic E-state index is 0.201. The standard InChI is InChI=1S/C28H27Br2N3O3/c1-4-5-6-26-32-24-12-11-21(29)15-22(24)28(34)33(26)31-16-20-13-23(30)27(25(14-20)35-3)36-17-19-9-7-18(2)8-10-19/h7-16H,4-6,17H2,1-3H3. The second-order valence-electron chi connectivity index (χ2n) is 8.46. The van der Waals surface area contributed by atoms with E-state index in [0.29, 0.717) is 41.3 Å². The first-order valence-electron chi connectivity index (χ1n) is 11.7. The number of hydrogen-bond donors (Lipinski definition) is 0. The van der Waals surface area contributed by atoms with Crippen LogP contribution in [0.4, 0.5) is 0 Å². The van der Waals surface area contributed by atoms with Gasteiger partial charge in [0.1, 0.15) is 12.4 Å². The van der Waals surface area contributed by atoms with Gasteiger partial charge in [-0.3, -0.25) is 4.79 Å². The predicted molar refractivity (Wildman–Crippen MR) is 152 cm³/mol. The molecule has 1 aromatic heterocycles. The fourth-order valence-electron chi connectivity index (χ4n) is 3.73. The quantitative estimate of drug-likeness (QED) is 0.190. The van der Waals surface area contributed by atoms with Crippen molar-refractivity contribution in [1.29, 1.82) is 0 Å². The van der Waals surface area contributed by atoms with Gasteiger partial charge in [0.2, 0.25) is 0 Å². The molecule has 4 rings (SSSR count). The van der Waals surface area contributed by atoms with Gasteiger partial charge >= 0.3 is 0 Å². The topological polar surface area (TPSA) is 65.7 Å². The Kier molecular flexibility index (Phi) is 8.59. The molecule has 0 N–H and O–H groups in total. The van der Waals surface area contributed by atoms with Crippen LogP contribution in [0.25, 0.3) is 10.9 Å². The molecule has 3 aromatic carbocycles. The number of hydrogen-bond acceptors (Lipinski definition) is 5. The minimum Gasteiger partial charge on any atom is -0.493 e. The molecule has 0 aliphatic rings. The fraction of sp³-hybridized carbons (Fsp3) is 0.250. The number of methoxy groups -OCH3 is 1. The first-order valence-corrected chi connectivity index (χ1v) is 13.3. The molecule has 186 valence electrons. The number of rotatable bonds is 9. The molecule has 6 nitrogen and oxygen atoms in total. The van der Waals surface area contributed by atoms with E-state index in [0.717, 1.165) is 32.9 Å². The molecule has 0 atom stereocenters. The second kappa shape index (κ2) is 11.8. The number of aromatic nitrogens is 2. The van der Waals surface area contributed by atoms with Crippen LogP contribution in [0.3, 0.4) is 0 Å². The van der Waals surface area contributed by atoms with E-state index in [1.165, 1.54) is 10.2 Å². The van der Waals surface area contributed by atoms with Crippen LogP contribution >= 0.6 is 31.9 Å². The van der Waals surface area contributed by atoms with Gasteiger partial charge in [0.15, 0.2) is 11.5 Å². The molecule has 1 heterocycles. The smallest absolute Gasteiger partial charge is 0.282 e. The Hall–Kier alpha value is -2.97. The highest BCUT2D eigenvalue weighted by atomic mass is 79.9. The molecule has 8 heteroatoms. The average Bonchev–Trinajstić information content (AvgIpc) is 2.87. The Morgan fingerprint density at radius 1 is 1.08 bits per heavy atom. The molecule has 0 unspecified atom stereocenters. The third-order valence-electron chi connectivity index (χ3n) is 5.71. The first-order chi connectivity index (χ1) is 17.4. The Morgan fingerprint density at radius 3 is 2.58 bits per heavy atom. The molecule has 0 radical (unpaired) electrons. The number of ether oxygens (including phenoxy) is 2. The van der Waals surface area contributed by atoms with Crippen molar-refractivity contribution < 1.29 is 9.47 Å². The van der Waals surface area contributed by atoms with E-state index in [2.05, 4.69) is 62.9 Å². The Labute approximate surface area is 227 Å². The van der Waals surface area contributed by atoms with Crippen LogP contribution in [0.2, 0.25) is 0 Å². The summed E-state index contributed by atoms with van der Waals surface area (Å²) in [4.78, 5) is 18.0. The Balaban J connectivity index is 1.66. The average molecular weight is 613 g/mol. The van der Waals surface area contributed by atoms with Crippen LogP contribution in [-0.2, 0) is 13.0 Å². The summed E-state index contributed by atoms with van der Waals surface area (Å²) in [7, 11) is 1.60. The van der Waals surface area contributed by atoms with E-state index in [-0.39, 0.29) is 5.56 Å². The van der Waals surface area contributed by atoms with E-state index in [4.69, 9.17) is 14.5 Å². The van der Waals surface area contributed by atoms with E-state index in [9.17, 15) is 4.79 Å². The van der Waals surface area contributed by atoms with E-state index < -0.39 is 0 Å². The zero-order chi connectivity index (χ0) is 25.7. The second-order valence-corrected chi connectivity index (χ2v) is 10.2. The van der Waals surface area contributed by atoms with Crippen molar-refractivity contribution in [2.75, 3.05) is 7.11 Å². The molecule has 0 aliphatic carbocycles. The predicted octanol–water partition coefficient (Wildman–Crippen LogP) is 7.04. The summed E-state index contributed by atoms with van der Waals surface area (Å²) in [5, 5.41) is 5.06. The summed E-state index contributed by atoms with van der Waals surface area (Å²) in [6.07, 6.45) is 4.20. The van der Waals surface area contributed by atoms with Crippen LogP contribution < -0.4 is 15.0 Å². The molecule has 0 saturated carbocycles. The van der Waals surface area contributed by atoms with Crippen molar-refractivity contribution in [1.82, 2.24) is 9.66 Å². The summed E-state index contributed by atoms with van der Waals surface area (Å²) >= 11 is 7.04.